The van der Waals surface area contributed by atoms with Crippen LogP contribution in [-0.2, 0) is 13.1 Å². The molecule has 6 nitrogen and oxygen atoms in total. The van der Waals surface area contributed by atoms with E-state index in [2.05, 4.69) is 32.7 Å². The Kier molecular flexibility index (Phi) is 7.67. The van der Waals surface area contributed by atoms with Crippen molar-refractivity contribution in [2.24, 2.45) is 4.99 Å². The minimum atomic E-state index is -0.0890. The first-order valence-electron chi connectivity index (χ1n) is 9.02. The summed E-state index contributed by atoms with van der Waals surface area (Å²) >= 11 is 0. The van der Waals surface area contributed by atoms with Gasteiger partial charge in [-0.25, -0.2) is 0 Å². The quantitative estimate of drug-likeness (QED) is 0.582. The van der Waals surface area contributed by atoms with Gasteiger partial charge in [-0.2, -0.15) is 0 Å². The van der Waals surface area contributed by atoms with Crippen LogP contribution in [-0.4, -0.2) is 44.5 Å². The van der Waals surface area contributed by atoms with Gasteiger partial charge in [-0.3, -0.25) is 9.79 Å². The average molecular weight is 368 g/mol. The molecule has 0 aliphatic carbocycles. The van der Waals surface area contributed by atoms with Crippen molar-refractivity contribution in [2.45, 2.75) is 20.0 Å². The number of guanidine groups is 1. The number of nitrogens with zero attached hydrogens (tertiary/aromatic N) is 2. The topological polar surface area (TPSA) is 66.0 Å². The second-order valence-electron chi connectivity index (χ2n) is 6.11. The summed E-state index contributed by atoms with van der Waals surface area (Å²) in [5, 5.41) is 5.98. The third-order valence-electron chi connectivity index (χ3n) is 4.09. The summed E-state index contributed by atoms with van der Waals surface area (Å²) in [4.78, 5) is 18.2. The molecule has 0 bridgehead atoms. The zero-order valence-corrected chi connectivity index (χ0v) is 16.5. The maximum absolute atomic E-state index is 11.8. The minimum absolute atomic E-state index is 0.0890. The van der Waals surface area contributed by atoms with Gasteiger partial charge in [-0.05, 0) is 42.3 Å². The van der Waals surface area contributed by atoms with E-state index in [0.29, 0.717) is 18.7 Å². The number of carbonyl (C=O) groups excluding carboxylic acids is 1. The summed E-state index contributed by atoms with van der Waals surface area (Å²) in [5.74, 6) is 1.57. The second kappa shape index (κ2) is 10.2. The van der Waals surface area contributed by atoms with Gasteiger partial charge in [0.15, 0.2) is 5.96 Å². The average Bonchev–Trinajstić information content (AvgIpc) is 2.69. The summed E-state index contributed by atoms with van der Waals surface area (Å²) in [6.45, 7) is 3.95. The summed E-state index contributed by atoms with van der Waals surface area (Å²) < 4.78 is 5.48. The van der Waals surface area contributed by atoms with Gasteiger partial charge < -0.3 is 20.3 Å². The lowest BCUT2D eigenvalue weighted by Crippen LogP contribution is -2.38. The molecule has 0 spiro atoms. The van der Waals surface area contributed by atoms with E-state index in [1.807, 2.05) is 44.3 Å². The molecule has 1 amide bonds. The number of aliphatic imine (C=N–C) groups is 1. The van der Waals surface area contributed by atoms with Gasteiger partial charge in [-0.15, -0.1) is 0 Å². The van der Waals surface area contributed by atoms with E-state index in [1.165, 1.54) is 5.56 Å². The largest absolute Gasteiger partial charge is 0.494 e. The smallest absolute Gasteiger partial charge is 0.251 e. The first-order valence-corrected chi connectivity index (χ1v) is 9.02. The third kappa shape index (κ3) is 6.02. The number of rotatable bonds is 7. The van der Waals surface area contributed by atoms with Crippen LogP contribution in [0.3, 0.4) is 0 Å². The Labute approximate surface area is 161 Å². The van der Waals surface area contributed by atoms with E-state index < -0.39 is 0 Å². The van der Waals surface area contributed by atoms with E-state index in [9.17, 15) is 4.79 Å². The number of benzene rings is 2. The highest BCUT2D eigenvalue weighted by atomic mass is 16.5. The Hall–Kier alpha value is -3.02. The minimum Gasteiger partial charge on any atom is -0.494 e. The van der Waals surface area contributed by atoms with Gasteiger partial charge in [0, 0.05) is 39.8 Å². The lowest BCUT2D eigenvalue weighted by molar-refractivity contribution is 0.0963. The van der Waals surface area contributed by atoms with Gasteiger partial charge in [0.1, 0.15) is 5.75 Å². The molecule has 0 fully saturated rings. The molecule has 2 rings (SSSR count). The van der Waals surface area contributed by atoms with Crippen molar-refractivity contribution < 1.29 is 9.53 Å². The maximum atomic E-state index is 11.8. The molecule has 0 radical (unpaired) electrons. The first kappa shape index (κ1) is 20.3. The Bertz CT molecular complexity index is 772. The molecule has 2 aromatic carbocycles. The van der Waals surface area contributed by atoms with Crippen LogP contribution in [0.25, 0.3) is 0 Å². The maximum Gasteiger partial charge on any atom is 0.251 e. The number of hydrogen-bond donors (Lipinski definition) is 2. The SMILES string of the molecule is CCOc1ccc(CN(C)C(=NC)NCc2cccc(C(=O)NC)c2)cc1. The molecule has 0 aliphatic heterocycles. The number of nitrogens with one attached hydrogen (secondary N) is 2. The molecule has 27 heavy (non-hydrogen) atoms. The van der Waals surface area contributed by atoms with E-state index in [1.54, 1.807) is 20.2 Å². The van der Waals surface area contributed by atoms with Crippen molar-refractivity contribution in [1.82, 2.24) is 15.5 Å². The second-order valence-corrected chi connectivity index (χ2v) is 6.11. The molecule has 144 valence electrons. The van der Waals surface area contributed by atoms with Crippen LogP contribution in [0.1, 0.15) is 28.4 Å². The van der Waals surface area contributed by atoms with Crippen LogP contribution < -0.4 is 15.4 Å². The highest BCUT2D eigenvalue weighted by Gasteiger charge is 2.08. The fraction of sp³-hybridized carbons (Fsp3) is 0.333. The molecule has 0 atom stereocenters. The molecule has 0 saturated heterocycles. The molecule has 0 saturated carbocycles. The van der Waals surface area contributed by atoms with E-state index in [0.717, 1.165) is 23.8 Å². The highest BCUT2D eigenvalue weighted by molar-refractivity contribution is 5.94. The van der Waals surface area contributed by atoms with Gasteiger partial charge in [0.2, 0.25) is 0 Å². The van der Waals surface area contributed by atoms with Crippen molar-refractivity contribution in [1.29, 1.82) is 0 Å². The van der Waals surface area contributed by atoms with Crippen molar-refractivity contribution in [2.75, 3.05) is 27.7 Å². The van der Waals surface area contributed by atoms with Crippen LogP contribution in [0.15, 0.2) is 53.5 Å². The zero-order valence-electron chi connectivity index (χ0n) is 16.5. The predicted molar refractivity (Wildman–Crippen MR) is 109 cm³/mol. The summed E-state index contributed by atoms with van der Waals surface area (Å²) in [7, 11) is 5.38. The van der Waals surface area contributed by atoms with Crippen molar-refractivity contribution in [3.05, 3.63) is 65.2 Å². The Morgan fingerprint density at radius 2 is 1.89 bits per heavy atom. The molecule has 0 aromatic heterocycles. The Morgan fingerprint density at radius 3 is 2.52 bits per heavy atom. The van der Waals surface area contributed by atoms with E-state index in [-0.39, 0.29) is 5.91 Å². The zero-order chi connectivity index (χ0) is 19.6. The standard InChI is InChI=1S/C21H28N4O2/c1-5-27-19-11-9-16(10-12-19)15-25(4)21(23-3)24-14-17-7-6-8-18(13-17)20(26)22-2/h6-13H,5,14-15H2,1-4H3,(H,22,26)(H,23,24). The van der Waals surface area contributed by atoms with Gasteiger partial charge in [0.05, 0.1) is 6.61 Å². The van der Waals surface area contributed by atoms with Crippen molar-refractivity contribution in [3.8, 4) is 5.75 Å². The molecule has 2 aromatic rings. The van der Waals surface area contributed by atoms with Gasteiger partial charge in [0.25, 0.3) is 5.91 Å². The van der Waals surface area contributed by atoms with Crippen LogP contribution >= 0.6 is 0 Å². The molecular weight excluding hydrogens is 340 g/mol. The number of ether oxygens (including phenoxy) is 1. The summed E-state index contributed by atoms with van der Waals surface area (Å²) in [6.07, 6.45) is 0. The lowest BCUT2D eigenvalue weighted by Gasteiger charge is -2.22. The fourth-order valence-electron chi connectivity index (χ4n) is 2.74. The number of carbonyl (C=O) groups is 1. The molecule has 0 aliphatic rings. The first-order chi connectivity index (χ1) is 13.1. The molecule has 0 unspecified atom stereocenters. The molecule has 6 heteroatoms. The van der Waals surface area contributed by atoms with Gasteiger partial charge >= 0.3 is 0 Å². The molecular formula is C21H28N4O2. The van der Waals surface area contributed by atoms with Crippen molar-refractivity contribution in [3.63, 3.8) is 0 Å². The Balaban J connectivity index is 1.95. The normalized spacial score (nSPS) is 11.0. The molecule has 0 heterocycles. The molecule has 2 N–H and O–H groups in total. The van der Waals surface area contributed by atoms with Crippen LogP contribution in [0.5, 0.6) is 5.75 Å². The fourth-order valence-corrected chi connectivity index (χ4v) is 2.74. The number of hydrogen-bond acceptors (Lipinski definition) is 3. The van der Waals surface area contributed by atoms with Crippen LogP contribution in [0.4, 0.5) is 0 Å². The lowest BCUT2D eigenvalue weighted by atomic mass is 10.1. The van der Waals surface area contributed by atoms with Crippen LogP contribution in [0.2, 0.25) is 0 Å². The third-order valence-corrected chi connectivity index (χ3v) is 4.09. The van der Waals surface area contributed by atoms with E-state index >= 15 is 0 Å². The van der Waals surface area contributed by atoms with Gasteiger partial charge in [-0.1, -0.05) is 24.3 Å². The number of amides is 1. The van der Waals surface area contributed by atoms with E-state index in [4.69, 9.17) is 4.74 Å². The highest BCUT2D eigenvalue weighted by Crippen LogP contribution is 2.13. The monoisotopic (exact) mass is 368 g/mol. The van der Waals surface area contributed by atoms with Crippen molar-refractivity contribution >= 4 is 11.9 Å². The summed E-state index contributed by atoms with van der Waals surface area (Å²) in [6, 6.07) is 15.6. The Morgan fingerprint density at radius 1 is 1.15 bits per heavy atom. The van der Waals surface area contributed by atoms with Crippen LogP contribution in [0, 0.1) is 0 Å². The predicted octanol–water partition coefficient (Wildman–Crippen LogP) is 2.65. The summed E-state index contributed by atoms with van der Waals surface area (Å²) in [5.41, 5.74) is 2.84.